The first-order valence-corrected chi connectivity index (χ1v) is 8.59. The zero-order valence-electron chi connectivity index (χ0n) is 13.0. The third-order valence-electron chi connectivity index (χ3n) is 3.64. The van der Waals surface area contributed by atoms with E-state index in [9.17, 15) is 17.6 Å². The number of sulfonamides is 1. The predicted molar refractivity (Wildman–Crippen MR) is 86.6 cm³/mol. The van der Waals surface area contributed by atoms with Crippen LogP contribution in [0, 0.1) is 5.82 Å². The fourth-order valence-corrected chi connectivity index (χ4v) is 3.92. The van der Waals surface area contributed by atoms with E-state index in [1.54, 1.807) is 19.9 Å². The van der Waals surface area contributed by atoms with Crippen LogP contribution in [-0.2, 0) is 15.6 Å². The van der Waals surface area contributed by atoms with Crippen molar-refractivity contribution in [3.63, 3.8) is 0 Å². The molecule has 1 heterocycles. The van der Waals surface area contributed by atoms with E-state index in [1.807, 2.05) is 0 Å². The minimum atomic E-state index is -3.96. The van der Waals surface area contributed by atoms with Gasteiger partial charge >= 0.3 is 5.76 Å². The summed E-state index contributed by atoms with van der Waals surface area (Å²) >= 11 is 0. The third kappa shape index (κ3) is 2.98. The number of oxazole rings is 1. The van der Waals surface area contributed by atoms with Gasteiger partial charge in [-0.2, -0.15) is 0 Å². The number of hydrogen-bond donors (Lipinski definition) is 2. The summed E-state index contributed by atoms with van der Waals surface area (Å²) in [7, 11) is -3.96. The van der Waals surface area contributed by atoms with Crippen LogP contribution < -0.4 is 10.5 Å². The molecule has 3 aromatic rings. The molecule has 0 aliphatic heterocycles. The first-order valence-electron chi connectivity index (χ1n) is 7.11. The molecule has 0 saturated heterocycles. The second-order valence-electron chi connectivity index (χ2n) is 5.88. The number of halogens is 1. The molecule has 0 aliphatic carbocycles. The Hall–Kier alpha value is -2.45. The molecule has 8 heteroatoms. The number of H-pyrrole nitrogens is 1. The van der Waals surface area contributed by atoms with Crippen LogP contribution in [-0.4, -0.2) is 13.4 Å². The van der Waals surface area contributed by atoms with Crippen molar-refractivity contribution in [1.29, 1.82) is 0 Å². The smallest absolute Gasteiger partial charge is 0.408 e. The Morgan fingerprint density at radius 2 is 1.88 bits per heavy atom. The lowest BCUT2D eigenvalue weighted by Crippen LogP contribution is -2.41. The molecule has 126 valence electrons. The standard InChI is InChI=1S/C16H15FN2O4S/c1-16(2,11-5-3-4-6-12(11)17)19-24(21,22)10-7-8-13-14(9-10)23-15(20)18-13/h3-9,19H,1-2H3,(H,18,20). The van der Waals surface area contributed by atoms with Gasteiger partial charge < -0.3 is 4.42 Å². The Morgan fingerprint density at radius 1 is 1.17 bits per heavy atom. The van der Waals surface area contributed by atoms with Crippen molar-refractivity contribution in [2.75, 3.05) is 0 Å². The van der Waals surface area contributed by atoms with Crippen molar-refractivity contribution in [2.24, 2.45) is 0 Å². The van der Waals surface area contributed by atoms with Crippen LogP contribution in [0.2, 0.25) is 0 Å². The average molecular weight is 350 g/mol. The largest absolute Gasteiger partial charge is 0.417 e. The monoisotopic (exact) mass is 350 g/mol. The fourth-order valence-electron chi connectivity index (χ4n) is 2.51. The molecule has 24 heavy (non-hydrogen) atoms. The van der Waals surface area contributed by atoms with Gasteiger partial charge in [0, 0.05) is 11.6 Å². The topological polar surface area (TPSA) is 92.2 Å². The van der Waals surface area contributed by atoms with Gasteiger partial charge in [-0.05, 0) is 32.0 Å². The van der Waals surface area contributed by atoms with E-state index in [0.717, 1.165) is 0 Å². The van der Waals surface area contributed by atoms with Crippen LogP contribution >= 0.6 is 0 Å². The molecule has 0 bridgehead atoms. The number of aromatic amines is 1. The SMILES string of the molecule is CC(C)(NS(=O)(=O)c1ccc2[nH]c(=O)oc2c1)c1ccccc1F. The first kappa shape index (κ1) is 16.4. The van der Waals surface area contributed by atoms with E-state index in [1.165, 1.54) is 36.4 Å². The van der Waals surface area contributed by atoms with Gasteiger partial charge in [-0.3, -0.25) is 4.98 Å². The molecule has 0 saturated carbocycles. The van der Waals surface area contributed by atoms with E-state index in [-0.39, 0.29) is 16.0 Å². The maximum absolute atomic E-state index is 14.0. The highest BCUT2D eigenvalue weighted by atomic mass is 32.2. The molecule has 0 fully saturated rings. The molecule has 0 radical (unpaired) electrons. The van der Waals surface area contributed by atoms with Crippen LogP contribution in [0.25, 0.3) is 11.1 Å². The van der Waals surface area contributed by atoms with Crippen LogP contribution in [0.1, 0.15) is 19.4 Å². The van der Waals surface area contributed by atoms with Crippen LogP contribution in [0.4, 0.5) is 4.39 Å². The lowest BCUT2D eigenvalue weighted by molar-refractivity contribution is 0.446. The van der Waals surface area contributed by atoms with Gasteiger partial charge in [0.05, 0.1) is 16.0 Å². The van der Waals surface area contributed by atoms with Crippen LogP contribution in [0.5, 0.6) is 0 Å². The van der Waals surface area contributed by atoms with Crippen molar-refractivity contribution < 1.29 is 17.2 Å². The summed E-state index contributed by atoms with van der Waals surface area (Å²) in [5.74, 6) is -1.17. The van der Waals surface area contributed by atoms with Gasteiger partial charge in [-0.1, -0.05) is 18.2 Å². The van der Waals surface area contributed by atoms with Crippen molar-refractivity contribution in [2.45, 2.75) is 24.3 Å². The minimum absolute atomic E-state index is 0.0813. The summed E-state index contributed by atoms with van der Waals surface area (Å²) < 4.78 is 46.6. The molecule has 2 aromatic carbocycles. The van der Waals surface area contributed by atoms with Gasteiger partial charge in [0.1, 0.15) is 5.82 Å². The van der Waals surface area contributed by atoms with Gasteiger partial charge in [-0.15, -0.1) is 0 Å². The Kier molecular flexibility index (Phi) is 3.81. The summed E-state index contributed by atoms with van der Waals surface area (Å²) in [6.07, 6.45) is 0. The number of benzene rings is 2. The lowest BCUT2D eigenvalue weighted by atomic mass is 9.95. The summed E-state index contributed by atoms with van der Waals surface area (Å²) in [6.45, 7) is 3.13. The van der Waals surface area contributed by atoms with Crippen molar-refractivity contribution in [3.8, 4) is 0 Å². The van der Waals surface area contributed by atoms with E-state index >= 15 is 0 Å². The van der Waals surface area contributed by atoms with E-state index in [4.69, 9.17) is 4.42 Å². The van der Waals surface area contributed by atoms with Gasteiger partial charge in [0.2, 0.25) is 10.0 Å². The van der Waals surface area contributed by atoms with Crippen molar-refractivity contribution in [3.05, 3.63) is 64.4 Å². The molecule has 0 aliphatic rings. The Morgan fingerprint density at radius 3 is 2.58 bits per heavy atom. The Bertz CT molecular complexity index is 1070. The quantitative estimate of drug-likeness (QED) is 0.756. The molecule has 3 rings (SSSR count). The number of fused-ring (bicyclic) bond motifs is 1. The highest BCUT2D eigenvalue weighted by Crippen LogP contribution is 2.26. The van der Waals surface area contributed by atoms with E-state index < -0.39 is 27.1 Å². The van der Waals surface area contributed by atoms with E-state index in [0.29, 0.717) is 5.52 Å². The molecule has 0 atom stereocenters. The zero-order chi connectivity index (χ0) is 17.5. The number of nitrogens with one attached hydrogen (secondary N) is 2. The second kappa shape index (κ2) is 5.57. The van der Waals surface area contributed by atoms with Gasteiger partial charge in [0.15, 0.2) is 5.58 Å². The lowest BCUT2D eigenvalue weighted by Gasteiger charge is -2.27. The molecule has 1 aromatic heterocycles. The van der Waals surface area contributed by atoms with E-state index in [2.05, 4.69) is 9.71 Å². The summed E-state index contributed by atoms with van der Waals surface area (Å²) in [4.78, 5) is 13.5. The average Bonchev–Trinajstić information content (AvgIpc) is 2.85. The highest BCUT2D eigenvalue weighted by Gasteiger charge is 2.30. The molecule has 0 amide bonds. The maximum atomic E-state index is 14.0. The predicted octanol–water partition coefficient (Wildman–Crippen LogP) is 2.47. The molecular weight excluding hydrogens is 335 g/mol. The molecule has 2 N–H and O–H groups in total. The van der Waals surface area contributed by atoms with Crippen molar-refractivity contribution >= 4 is 21.1 Å². The number of aromatic nitrogens is 1. The Labute approximate surface area is 137 Å². The van der Waals surface area contributed by atoms with Crippen LogP contribution in [0.15, 0.2) is 56.6 Å². The number of rotatable bonds is 4. The fraction of sp³-hybridized carbons (Fsp3) is 0.188. The maximum Gasteiger partial charge on any atom is 0.417 e. The Balaban J connectivity index is 2.00. The van der Waals surface area contributed by atoms with Gasteiger partial charge in [0.25, 0.3) is 0 Å². The normalized spacial score (nSPS) is 12.6. The second-order valence-corrected chi connectivity index (χ2v) is 7.57. The first-order chi connectivity index (χ1) is 11.2. The number of hydrogen-bond acceptors (Lipinski definition) is 4. The third-order valence-corrected chi connectivity index (χ3v) is 5.29. The minimum Gasteiger partial charge on any atom is -0.408 e. The highest BCUT2D eigenvalue weighted by molar-refractivity contribution is 7.89. The summed E-state index contributed by atoms with van der Waals surface area (Å²) in [5, 5.41) is 0. The summed E-state index contributed by atoms with van der Waals surface area (Å²) in [5.41, 5.74) is -0.417. The zero-order valence-corrected chi connectivity index (χ0v) is 13.8. The summed E-state index contributed by atoms with van der Waals surface area (Å²) in [6, 6.07) is 9.98. The molecule has 6 nitrogen and oxygen atoms in total. The molecular formula is C16H15FN2O4S. The van der Waals surface area contributed by atoms with Crippen molar-refractivity contribution in [1.82, 2.24) is 9.71 Å². The van der Waals surface area contributed by atoms with Crippen LogP contribution in [0.3, 0.4) is 0 Å². The van der Waals surface area contributed by atoms with Gasteiger partial charge in [-0.25, -0.2) is 22.3 Å². The molecule has 0 unspecified atom stereocenters. The molecule has 0 spiro atoms.